The number of hydrogen-bond acceptors (Lipinski definition) is 6. The zero-order chi connectivity index (χ0) is 25.5. The summed E-state index contributed by atoms with van der Waals surface area (Å²) in [5, 5.41) is 13.4. The van der Waals surface area contributed by atoms with Crippen molar-refractivity contribution in [3.63, 3.8) is 0 Å². The van der Waals surface area contributed by atoms with Gasteiger partial charge in [0.05, 0.1) is 21.9 Å². The lowest BCUT2D eigenvalue weighted by Gasteiger charge is -2.28. The normalized spacial score (nSPS) is 20.8. The Bertz CT molecular complexity index is 1510. The first kappa shape index (κ1) is 22.6. The zero-order valence-corrected chi connectivity index (χ0v) is 19.5. The maximum absolute atomic E-state index is 13.9. The minimum atomic E-state index is -1.11. The number of benzene rings is 4. The van der Waals surface area contributed by atoms with E-state index >= 15 is 0 Å². The average molecular weight is 492 g/mol. The summed E-state index contributed by atoms with van der Waals surface area (Å²) in [6.45, 7) is 0. The highest BCUT2D eigenvalue weighted by Gasteiger charge is 2.61. The second-order valence-electron chi connectivity index (χ2n) is 8.90. The second kappa shape index (κ2) is 9.00. The molecule has 6 rings (SSSR count). The van der Waals surface area contributed by atoms with Crippen molar-refractivity contribution in [1.29, 1.82) is 0 Å². The van der Waals surface area contributed by atoms with Crippen LogP contribution in [0.1, 0.15) is 11.6 Å². The molecule has 4 aromatic rings. The Morgan fingerprint density at radius 3 is 2.05 bits per heavy atom. The van der Waals surface area contributed by atoms with Crippen molar-refractivity contribution in [2.75, 3.05) is 9.96 Å². The Morgan fingerprint density at radius 2 is 1.32 bits per heavy atom. The molecule has 2 fully saturated rings. The van der Waals surface area contributed by atoms with E-state index in [4.69, 9.17) is 4.84 Å². The summed E-state index contributed by atoms with van der Waals surface area (Å²) in [4.78, 5) is 46.2. The topological polar surface area (TPSA) is 93.0 Å². The van der Waals surface area contributed by atoms with Crippen LogP contribution in [-0.4, -0.2) is 22.8 Å². The van der Waals surface area contributed by atoms with E-state index in [1.54, 1.807) is 60.7 Å². The van der Waals surface area contributed by atoms with E-state index in [0.717, 1.165) is 16.0 Å². The van der Waals surface area contributed by atoms with E-state index < -0.39 is 34.8 Å². The van der Waals surface area contributed by atoms with Gasteiger partial charge in [-0.3, -0.25) is 24.5 Å². The van der Waals surface area contributed by atoms with Crippen molar-refractivity contribution in [2.24, 2.45) is 5.92 Å². The number of carbonyl (C=O) groups is 2. The number of anilines is 2. The van der Waals surface area contributed by atoms with Gasteiger partial charge in [0.15, 0.2) is 6.10 Å². The second-order valence-corrected chi connectivity index (χ2v) is 8.90. The number of imide groups is 1. The fourth-order valence-corrected chi connectivity index (χ4v) is 5.14. The van der Waals surface area contributed by atoms with Gasteiger partial charge in [0.1, 0.15) is 12.0 Å². The van der Waals surface area contributed by atoms with Crippen molar-refractivity contribution in [3.8, 4) is 11.1 Å². The maximum Gasteiger partial charge on any atom is 0.274 e. The molecule has 182 valence electrons. The molecular formula is C29H21N3O5. The van der Waals surface area contributed by atoms with Gasteiger partial charge in [0, 0.05) is 6.07 Å². The van der Waals surface area contributed by atoms with E-state index in [2.05, 4.69) is 0 Å². The van der Waals surface area contributed by atoms with Gasteiger partial charge in [0.25, 0.3) is 11.6 Å². The van der Waals surface area contributed by atoms with E-state index in [9.17, 15) is 19.7 Å². The number of amides is 2. The Labute approximate surface area is 212 Å². The molecule has 0 unspecified atom stereocenters. The average Bonchev–Trinajstić information content (AvgIpc) is 3.45. The number of para-hydroxylation sites is 2. The molecule has 0 radical (unpaired) electrons. The smallest absolute Gasteiger partial charge is 0.273 e. The Morgan fingerprint density at radius 1 is 0.703 bits per heavy atom. The minimum Gasteiger partial charge on any atom is -0.273 e. The highest BCUT2D eigenvalue weighted by atomic mass is 16.7. The van der Waals surface area contributed by atoms with E-state index in [1.807, 2.05) is 42.5 Å². The number of fused-ring (bicyclic) bond motifs is 1. The van der Waals surface area contributed by atoms with Crippen LogP contribution in [0.2, 0.25) is 0 Å². The number of rotatable bonds is 5. The van der Waals surface area contributed by atoms with Crippen LogP contribution in [0.25, 0.3) is 11.1 Å². The first-order valence-electron chi connectivity index (χ1n) is 11.8. The predicted molar refractivity (Wildman–Crippen MR) is 137 cm³/mol. The minimum absolute atomic E-state index is 0.137. The zero-order valence-electron chi connectivity index (χ0n) is 19.5. The van der Waals surface area contributed by atoms with Gasteiger partial charge in [-0.15, -0.1) is 0 Å². The Hall–Kier alpha value is -4.82. The summed E-state index contributed by atoms with van der Waals surface area (Å²) in [5.41, 5.74) is 3.01. The van der Waals surface area contributed by atoms with Crippen molar-refractivity contribution in [1.82, 2.24) is 0 Å². The van der Waals surface area contributed by atoms with Crippen LogP contribution < -0.4 is 9.96 Å². The van der Waals surface area contributed by atoms with Gasteiger partial charge < -0.3 is 0 Å². The van der Waals surface area contributed by atoms with Crippen LogP contribution in [0, 0.1) is 16.0 Å². The van der Waals surface area contributed by atoms with Gasteiger partial charge in [-0.2, -0.15) is 0 Å². The van der Waals surface area contributed by atoms with E-state index in [-0.39, 0.29) is 5.69 Å². The van der Waals surface area contributed by atoms with Crippen LogP contribution in [-0.2, 0) is 14.4 Å². The summed E-state index contributed by atoms with van der Waals surface area (Å²) < 4.78 is 0. The molecule has 2 aliphatic heterocycles. The molecular weight excluding hydrogens is 470 g/mol. The van der Waals surface area contributed by atoms with Crippen molar-refractivity contribution in [2.45, 2.75) is 12.1 Å². The molecule has 0 aromatic heterocycles. The molecule has 4 aromatic carbocycles. The number of nitro benzene ring substituents is 1. The lowest BCUT2D eigenvalue weighted by molar-refractivity contribution is -0.385. The molecule has 0 N–H and O–H groups in total. The standard InChI is InChI=1S/C29H21N3O5/c33-28-25-26(23-16-7-8-17-24(23)32(35)36)31(21-13-5-2-6-14-21)37-27(25)29(34)30(28)22-15-9-12-20(18-22)19-10-3-1-4-11-19/h1-18,25-27H/t25-,26-,27+/m0/s1. The third kappa shape index (κ3) is 3.75. The van der Waals surface area contributed by atoms with Crippen LogP contribution in [0.15, 0.2) is 109 Å². The monoisotopic (exact) mass is 491 g/mol. The highest BCUT2D eigenvalue weighted by molar-refractivity contribution is 6.24. The molecule has 0 spiro atoms. The van der Waals surface area contributed by atoms with Crippen LogP contribution >= 0.6 is 0 Å². The summed E-state index contributed by atoms with van der Waals surface area (Å²) in [6, 6.07) is 31.2. The maximum atomic E-state index is 13.9. The molecule has 2 saturated heterocycles. The fraction of sp³-hybridized carbons (Fsp3) is 0.103. The van der Waals surface area contributed by atoms with Gasteiger partial charge >= 0.3 is 0 Å². The first-order chi connectivity index (χ1) is 18.0. The Balaban J connectivity index is 1.44. The van der Waals surface area contributed by atoms with Crippen molar-refractivity contribution < 1.29 is 19.3 Å². The lowest BCUT2D eigenvalue weighted by Crippen LogP contribution is -2.37. The number of nitro groups is 1. The number of nitrogens with zero attached hydrogens (tertiary/aromatic N) is 3. The molecule has 8 nitrogen and oxygen atoms in total. The predicted octanol–water partition coefficient (Wildman–Crippen LogP) is 5.31. The van der Waals surface area contributed by atoms with Crippen molar-refractivity contribution >= 4 is 28.9 Å². The first-order valence-corrected chi connectivity index (χ1v) is 11.8. The summed E-state index contributed by atoms with van der Waals surface area (Å²) in [7, 11) is 0. The summed E-state index contributed by atoms with van der Waals surface area (Å²) in [6.07, 6.45) is -1.11. The third-order valence-corrected chi connectivity index (χ3v) is 6.79. The number of hydroxylamine groups is 1. The SMILES string of the molecule is O=C1[C@@H]2[C@@H](ON(c3ccccc3)[C@H]2c2ccccc2[N+](=O)[O-])C(=O)N1c1cccc(-c2ccccc2)c1. The van der Waals surface area contributed by atoms with E-state index in [1.165, 1.54) is 11.1 Å². The molecule has 0 saturated carbocycles. The van der Waals surface area contributed by atoms with E-state index in [0.29, 0.717) is 16.9 Å². The molecule has 2 heterocycles. The van der Waals surface area contributed by atoms with Gasteiger partial charge in [-0.25, -0.2) is 9.96 Å². The molecule has 2 aliphatic rings. The van der Waals surface area contributed by atoms with Gasteiger partial charge in [0.2, 0.25) is 5.91 Å². The van der Waals surface area contributed by atoms with Crippen LogP contribution in [0.3, 0.4) is 0 Å². The molecule has 2 amide bonds. The Kier molecular flexibility index (Phi) is 5.50. The van der Waals surface area contributed by atoms with Crippen LogP contribution in [0.5, 0.6) is 0 Å². The number of carbonyl (C=O) groups excluding carboxylic acids is 2. The summed E-state index contributed by atoms with van der Waals surface area (Å²) in [5.74, 6) is -1.92. The molecule has 0 bridgehead atoms. The number of hydrogen-bond donors (Lipinski definition) is 0. The van der Waals surface area contributed by atoms with Crippen molar-refractivity contribution in [3.05, 3.63) is 125 Å². The molecule has 0 aliphatic carbocycles. The quantitative estimate of drug-likeness (QED) is 0.213. The fourth-order valence-electron chi connectivity index (χ4n) is 5.14. The summed E-state index contributed by atoms with van der Waals surface area (Å²) >= 11 is 0. The lowest BCUT2D eigenvalue weighted by atomic mass is 9.89. The van der Waals surface area contributed by atoms with Crippen LogP contribution in [0.4, 0.5) is 17.1 Å². The largest absolute Gasteiger partial charge is 0.274 e. The van der Waals surface area contributed by atoms with Gasteiger partial charge in [-0.05, 0) is 41.5 Å². The molecule has 37 heavy (non-hydrogen) atoms. The molecule has 8 heteroatoms. The highest BCUT2D eigenvalue weighted by Crippen LogP contribution is 2.49. The molecule has 3 atom stereocenters. The van der Waals surface area contributed by atoms with Gasteiger partial charge in [-0.1, -0.05) is 72.8 Å². The third-order valence-electron chi connectivity index (χ3n) is 6.79.